The quantitative estimate of drug-likeness (QED) is 0.718. The van der Waals surface area contributed by atoms with Crippen LogP contribution in [0.1, 0.15) is 23.6 Å². The molecule has 0 radical (unpaired) electrons. The van der Waals surface area contributed by atoms with Gasteiger partial charge in [-0.05, 0) is 18.1 Å². The summed E-state index contributed by atoms with van der Waals surface area (Å²) in [6, 6.07) is 7.75. The monoisotopic (exact) mass is 389 g/mol. The first-order valence-electron chi connectivity index (χ1n) is 10.0. The molecule has 0 aliphatic carbocycles. The summed E-state index contributed by atoms with van der Waals surface area (Å²) in [5.74, 6) is -0.413. The molecule has 2 heterocycles. The van der Waals surface area contributed by atoms with Gasteiger partial charge in [0.2, 0.25) is 11.8 Å². The second-order valence-electron chi connectivity index (χ2n) is 7.44. The van der Waals surface area contributed by atoms with Crippen molar-refractivity contribution in [2.24, 2.45) is 5.92 Å². The largest absolute Gasteiger partial charge is 0.383 e. The zero-order valence-corrected chi connectivity index (χ0v) is 16.9. The van der Waals surface area contributed by atoms with Crippen LogP contribution in [0.25, 0.3) is 0 Å². The van der Waals surface area contributed by atoms with Crippen molar-refractivity contribution in [3.05, 3.63) is 35.4 Å². The first kappa shape index (κ1) is 20.8. The van der Waals surface area contributed by atoms with Gasteiger partial charge in [0.1, 0.15) is 0 Å². The maximum absolute atomic E-state index is 13.0. The molecule has 2 aliphatic rings. The molecule has 2 saturated heterocycles. The van der Waals surface area contributed by atoms with Crippen molar-refractivity contribution in [1.82, 2.24) is 15.1 Å². The van der Waals surface area contributed by atoms with Crippen molar-refractivity contribution in [2.75, 3.05) is 59.7 Å². The number of hydrogen-bond acceptors (Lipinski definition) is 5. The highest BCUT2D eigenvalue weighted by Crippen LogP contribution is 2.39. The van der Waals surface area contributed by atoms with Crippen molar-refractivity contribution in [3.8, 4) is 0 Å². The molecule has 1 N–H and O–H groups in total. The van der Waals surface area contributed by atoms with E-state index in [2.05, 4.69) is 10.2 Å². The molecular weight excluding hydrogens is 358 g/mol. The molecule has 154 valence electrons. The van der Waals surface area contributed by atoms with Gasteiger partial charge in [0.25, 0.3) is 0 Å². The summed E-state index contributed by atoms with van der Waals surface area (Å²) < 4.78 is 10.5. The molecule has 2 atom stereocenters. The van der Waals surface area contributed by atoms with Crippen molar-refractivity contribution < 1.29 is 19.1 Å². The number of nitrogens with one attached hydrogen (secondary N) is 1. The number of carbonyl (C=O) groups excluding carboxylic acids is 2. The molecule has 0 saturated carbocycles. The number of hydrogen-bond donors (Lipinski definition) is 1. The van der Waals surface area contributed by atoms with E-state index in [0.717, 1.165) is 44.0 Å². The molecule has 7 heteroatoms. The Kier molecular flexibility index (Phi) is 7.42. The number of aryl methyl sites for hydroxylation is 1. The zero-order chi connectivity index (χ0) is 19.9. The minimum atomic E-state index is -0.379. The topological polar surface area (TPSA) is 71.1 Å². The number of likely N-dealkylation sites (tertiary alicyclic amines) is 1. The molecule has 0 aromatic heterocycles. The highest BCUT2D eigenvalue weighted by atomic mass is 16.5. The van der Waals surface area contributed by atoms with Crippen molar-refractivity contribution >= 4 is 11.8 Å². The summed E-state index contributed by atoms with van der Waals surface area (Å²) in [6.45, 7) is 7.65. The highest BCUT2D eigenvalue weighted by molar-refractivity contribution is 5.90. The molecule has 1 aromatic rings. The third kappa shape index (κ3) is 4.90. The van der Waals surface area contributed by atoms with Crippen LogP contribution in [-0.4, -0.2) is 81.3 Å². The first-order valence-corrected chi connectivity index (χ1v) is 10.0. The number of carbonyl (C=O) groups is 2. The van der Waals surface area contributed by atoms with E-state index in [-0.39, 0.29) is 30.2 Å². The van der Waals surface area contributed by atoms with Crippen LogP contribution in [0.15, 0.2) is 24.3 Å². The fraction of sp³-hybridized carbons (Fsp3) is 0.619. The lowest BCUT2D eigenvalue weighted by Crippen LogP contribution is -2.43. The van der Waals surface area contributed by atoms with Crippen LogP contribution < -0.4 is 5.32 Å². The Morgan fingerprint density at radius 3 is 2.71 bits per heavy atom. The summed E-state index contributed by atoms with van der Waals surface area (Å²) in [5.41, 5.74) is 2.13. The Balaban J connectivity index is 1.69. The van der Waals surface area contributed by atoms with Gasteiger partial charge in [-0.15, -0.1) is 0 Å². The Morgan fingerprint density at radius 2 is 2.00 bits per heavy atom. The minimum Gasteiger partial charge on any atom is -0.383 e. The molecular formula is C21H31N3O4. The van der Waals surface area contributed by atoms with E-state index in [9.17, 15) is 9.59 Å². The standard InChI is InChI=1S/C21H31N3O4/c1-16-5-3-4-6-17(16)20-18(15-19(25)24(20)11-12-27-2)21(26)22-7-8-23-9-13-28-14-10-23/h3-6,18,20H,7-15H2,1-2H3,(H,22,26)/t18-,20+/m1/s1. The van der Waals surface area contributed by atoms with Crippen LogP contribution in [0.2, 0.25) is 0 Å². The van der Waals surface area contributed by atoms with Gasteiger partial charge in [-0.25, -0.2) is 0 Å². The van der Waals surface area contributed by atoms with Gasteiger partial charge in [0, 0.05) is 46.3 Å². The average Bonchev–Trinajstić information content (AvgIpc) is 3.03. The maximum atomic E-state index is 13.0. The Labute approximate surface area is 167 Å². The predicted molar refractivity (Wildman–Crippen MR) is 106 cm³/mol. The van der Waals surface area contributed by atoms with Crippen molar-refractivity contribution in [3.63, 3.8) is 0 Å². The molecule has 0 bridgehead atoms. The van der Waals surface area contributed by atoms with Gasteiger partial charge in [-0.3, -0.25) is 14.5 Å². The van der Waals surface area contributed by atoms with Crippen molar-refractivity contribution in [1.29, 1.82) is 0 Å². The summed E-state index contributed by atoms with van der Waals surface area (Å²) >= 11 is 0. The summed E-state index contributed by atoms with van der Waals surface area (Å²) in [7, 11) is 1.62. The van der Waals surface area contributed by atoms with E-state index < -0.39 is 0 Å². The zero-order valence-electron chi connectivity index (χ0n) is 16.9. The Morgan fingerprint density at radius 1 is 1.25 bits per heavy atom. The van der Waals surface area contributed by atoms with Crippen LogP contribution in [0, 0.1) is 12.8 Å². The minimum absolute atomic E-state index is 0.0126. The molecule has 0 unspecified atom stereocenters. The number of morpholine rings is 1. The highest BCUT2D eigenvalue weighted by Gasteiger charge is 2.44. The lowest BCUT2D eigenvalue weighted by molar-refractivity contribution is -0.129. The molecule has 3 rings (SSSR count). The van der Waals surface area contributed by atoms with Gasteiger partial charge in [0.05, 0.1) is 31.8 Å². The van der Waals surface area contributed by atoms with Crippen LogP contribution in [-0.2, 0) is 19.1 Å². The Hall–Kier alpha value is -1.96. The third-order valence-electron chi connectivity index (χ3n) is 5.64. The lowest BCUT2D eigenvalue weighted by Gasteiger charge is -2.30. The molecule has 2 aliphatic heterocycles. The van der Waals surface area contributed by atoms with Crippen LogP contribution in [0.3, 0.4) is 0 Å². The normalized spacial score (nSPS) is 23.2. The number of ether oxygens (including phenoxy) is 2. The maximum Gasteiger partial charge on any atom is 0.226 e. The third-order valence-corrected chi connectivity index (χ3v) is 5.64. The fourth-order valence-electron chi connectivity index (χ4n) is 4.08. The summed E-state index contributed by atoms with van der Waals surface area (Å²) in [6.07, 6.45) is 0.242. The Bertz CT molecular complexity index is 675. The fourth-order valence-corrected chi connectivity index (χ4v) is 4.08. The molecule has 7 nitrogen and oxygen atoms in total. The summed E-state index contributed by atoms with van der Waals surface area (Å²) in [5, 5.41) is 3.06. The molecule has 2 fully saturated rings. The van der Waals surface area contributed by atoms with Gasteiger partial charge < -0.3 is 19.7 Å². The SMILES string of the molecule is COCCN1C(=O)C[C@@H](C(=O)NCCN2CCOCC2)[C@@H]1c1ccccc1C. The lowest BCUT2D eigenvalue weighted by atomic mass is 9.90. The van der Waals surface area contributed by atoms with Crippen LogP contribution in [0.4, 0.5) is 0 Å². The van der Waals surface area contributed by atoms with Crippen LogP contribution >= 0.6 is 0 Å². The first-order chi connectivity index (χ1) is 13.6. The number of amides is 2. The van der Waals surface area contributed by atoms with E-state index in [4.69, 9.17) is 9.47 Å². The average molecular weight is 389 g/mol. The second-order valence-corrected chi connectivity index (χ2v) is 7.44. The molecule has 0 spiro atoms. The van der Waals surface area contributed by atoms with E-state index in [0.29, 0.717) is 19.7 Å². The molecule has 1 aromatic carbocycles. The van der Waals surface area contributed by atoms with Gasteiger partial charge in [-0.2, -0.15) is 0 Å². The second kappa shape index (κ2) is 10.0. The van der Waals surface area contributed by atoms with E-state index in [1.807, 2.05) is 31.2 Å². The van der Waals surface area contributed by atoms with Gasteiger partial charge in [-0.1, -0.05) is 24.3 Å². The number of methoxy groups -OCH3 is 1. The molecule has 28 heavy (non-hydrogen) atoms. The number of benzene rings is 1. The van der Waals surface area contributed by atoms with E-state index in [1.165, 1.54) is 0 Å². The smallest absolute Gasteiger partial charge is 0.226 e. The van der Waals surface area contributed by atoms with E-state index in [1.54, 1.807) is 12.0 Å². The van der Waals surface area contributed by atoms with Gasteiger partial charge >= 0.3 is 0 Å². The predicted octanol–water partition coefficient (Wildman–Crippen LogP) is 0.979. The number of nitrogens with zero attached hydrogens (tertiary/aromatic N) is 2. The van der Waals surface area contributed by atoms with Crippen LogP contribution in [0.5, 0.6) is 0 Å². The van der Waals surface area contributed by atoms with E-state index >= 15 is 0 Å². The molecule has 2 amide bonds. The number of rotatable bonds is 8. The van der Waals surface area contributed by atoms with Crippen molar-refractivity contribution in [2.45, 2.75) is 19.4 Å². The van der Waals surface area contributed by atoms with Gasteiger partial charge in [0.15, 0.2) is 0 Å². The summed E-state index contributed by atoms with van der Waals surface area (Å²) in [4.78, 5) is 29.8.